The summed E-state index contributed by atoms with van der Waals surface area (Å²) < 4.78 is 11.1. The van der Waals surface area contributed by atoms with E-state index in [1.165, 1.54) is 12.8 Å². The van der Waals surface area contributed by atoms with Crippen LogP contribution in [0.1, 0.15) is 32.1 Å². The summed E-state index contributed by atoms with van der Waals surface area (Å²) >= 11 is 0. The largest absolute Gasteiger partial charge is 0.384 e. The second kappa shape index (κ2) is 7.30. The molecular formula is C19H32N2O3. The van der Waals surface area contributed by atoms with Gasteiger partial charge in [0.05, 0.1) is 13.2 Å². The minimum atomic E-state index is 0.213. The van der Waals surface area contributed by atoms with Gasteiger partial charge in [-0.25, -0.2) is 0 Å². The molecule has 0 aromatic rings. The minimum absolute atomic E-state index is 0.213. The third-order valence-corrected chi connectivity index (χ3v) is 6.66. The van der Waals surface area contributed by atoms with Crippen molar-refractivity contribution in [2.24, 2.45) is 23.7 Å². The minimum Gasteiger partial charge on any atom is -0.384 e. The molecule has 4 aliphatic rings. The van der Waals surface area contributed by atoms with Crippen molar-refractivity contribution in [3.63, 3.8) is 0 Å². The van der Waals surface area contributed by atoms with E-state index in [0.29, 0.717) is 23.8 Å². The van der Waals surface area contributed by atoms with E-state index in [0.717, 1.165) is 71.2 Å². The number of rotatable bonds is 5. The number of amides is 1. The van der Waals surface area contributed by atoms with E-state index in [1.54, 1.807) is 7.11 Å². The Kier molecular flexibility index (Phi) is 5.11. The average Bonchev–Trinajstić information content (AvgIpc) is 3.29. The van der Waals surface area contributed by atoms with Gasteiger partial charge in [0, 0.05) is 44.7 Å². The van der Waals surface area contributed by atoms with Crippen LogP contribution >= 0.6 is 0 Å². The van der Waals surface area contributed by atoms with E-state index in [2.05, 4.69) is 9.80 Å². The van der Waals surface area contributed by atoms with Gasteiger partial charge < -0.3 is 14.4 Å². The van der Waals surface area contributed by atoms with E-state index in [4.69, 9.17) is 9.47 Å². The van der Waals surface area contributed by atoms with Crippen LogP contribution in [-0.4, -0.2) is 74.9 Å². The molecule has 0 aromatic heterocycles. The van der Waals surface area contributed by atoms with Crippen LogP contribution in [0.2, 0.25) is 0 Å². The third kappa shape index (κ3) is 3.49. The van der Waals surface area contributed by atoms with Gasteiger partial charge in [-0.2, -0.15) is 0 Å². The molecule has 1 saturated carbocycles. The van der Waals surface area contributed by atoms with E-state index in [9.17, 15) is 4.79 Å². The van der Waals surface area contributed by atoms with Gasteiger partial charge in [0.15, 0.2) is 0 Å². The molecule has 1 aliphatic carbocycles. The number of nitrogens with zero attached hydrogens (tertiary/aromatic N) is 2. The molecule has 1 amide bonds. The Morgan fingerprint density at radius 2 is 2.00 bits per heavy atom. The molecule has 0 aromatic carbocycles. The number of ether oxygens (including phenoxy) is 2. The standard InChI is InChI=1S/C19H32N2O3/c1-23-12-15-11-21(10-14-2-3-14)19(22)18-5-8-20(7-4-17(15)18)16-6-9-24-13-16/h14-18H,2-13H2,1H3/t15-,16+,17-,18-/m1/s1. The number of hydrogen-bond acceptors (Lipinski definition) is 4. The lowest BCUT2D eigenvalue weighted by atomic mass is 9.74. The van der Waals surface area contributed by atoms with E-state index < -0.39 is 0 Å². The molecule has 3 saturated heterocycles. The molecule has 4 rings (SSSR count). The van der Waals surface area contributed by atoms with Crippen LogP contribution in [0.3, 0.4) is 0 Å². The highest BCUT2D eigenvalue weighted by molar-refractivity contribution is 5.80. The maximum absolute atomic E-state index is 13.1. The zero-order valence-corrected chi connectivity index (χ0v) is 15.0. The lowest BCUT2D eigenvalue weighted by Gasteiger charge is -2.42. The van der Waals surface area contributed by atoms with Gasteiger partial charge in [-0.1, -0.05) is 0 Å². The monoisotopic (exact) mass is 336 g/mol. The zero-order chi connectivity index (χ0) is 16.5. The number of likely N-dealkylation sites (tertiary alicyclic amines) is 2. The Morgan fingerprint density at radius 3 is 2.71 bits per heavy atom. The van der Waals surface area contributed by atoms with Crippen molar-refractivity contribution in [1.82, 2.24) is 9.80 Å². The number of fused-ring (bicyclic) bond motifs is 1. The van der Waals surface area contributed by atoms with Gasteiger partial charge in [-0.3, -0.25) is 9.69 Å². The van der Waals surface area contributed by atoms with Crippen molar-refractivity contribution in [2.45, 2.75) is 38.1 Å². The topological polar surface area (TPSA) is 42.0 Å². The zero-order valence-electron chi connectivity index (χ0n) is 15.0. The molecule has 0 radical (unpaired) electrons. The van der Waals surface area contributed by atoms with Crippen molar-refractivity contribution < 1.29 is 14.3 Å². The summed E-state index contributed by atoms with van der Waals surface area (Å²) in [5, 5.41) is 0. The number of carbonyl (C=O) groups excluding carboxylic acids is 1. The Hall–Kier alpha value is -0.650. The van der Waals surface area contributed by atoms with Gasteiger partial charge in [0.2, 0.25) is 5.91 Å². The Labute approximate surface area is 145 Å². The van der Waals surface area contributed by atoms with E-state index >= 15 is 0 Å². The molecular weight excluding hydrogens is 304 g/mol. The van der Waals surface area contributed by atoms with Crippen molar-refractivity contribution in [1.29, 1.82) is 0 Å². The summed E-state index contributed by atoms with van der Waals surface area (Å²) in [5.41, 5.74) is 0. The molecule has 4 atom stereocenters. The quantitative estimate of drug-likeness (QED) is 0.765. The predicted octanol–water partition coefficient (Wildman–Crippen LogP) is 1.62. The van der Waals surface area contributed by atoms with Gasteiger partial charge in [-0.05, 0) is 57.0 Å². The maximum Gasteiger partial charge on any atom is 0.226 e. The molecule has 4 fully saturated rings. The first-order chi connectivity index (χ1) is 11.8. The van der Waals surface area contributed by atoms with Gasteiger partial charge in [-0.15, -0.1) is 0 Å². The summed E-state index contributed by atoms with van der Waals surface area (Å²) in [7, 11) is 1.80. The van der Waals surface area contributed by atoms with Crippen LogP contribution in [0.25, 0.3) is 0 Å². The number of carbonyl (C=O) groups is 1. The van der Waals surface area contributed by atoms with Crippen LogP contribution in [0.4, 0.5) is 0 Å². The van der Waals surface area contributed by atoms with Gasteiger partial charge in [0.1, 0.15) is 0 Å². The average molecular weight is 336 g/mol. The van der Waals surface area contributed by atoms with Crippen LogP contribution in [0.5, 0.6) is 0 Å². The van der Waals surface area contributed by atoms with Crippen LogP contribution < -0.4 is 0 Å². The lowest BCUT2D eigenvalue weighted by Crippen LogP contribution is -2.52. The van der Waals surface area contributed by atoms with Crippen molar-refractivity contribution in [3.8, 4) is 0 Å². The fraction of sp³-hybridized carbons (Fsp3) is 0.947. The Balaban J connectivity index is 1.46. The fourth-order valence-corrected chi connectivity index (χ4v) is 5.10. The third-order valence-electron chi connectivity index (χ3n) is 6.66. The molecule has 5 nitrogen and oxygen atoms in total. The van der Waals surface area contributed by atoms with Crippen molar-refractivity contribution in [3.05, 3.63) is 0 Å². The summed E-state index contributed by atoms with van der Waals surface area (Å²) in [4.78, 5) is 17.9. The highest BCUT2D eigenvalue weighted by atomic mass is 16.5. The number of hydrogen-bond donors (Lipinski definition) is 0. The van der Waals surface area contributed by atoms with E-state index in [1.807, 2.05) is 0 Å². The summed E-state index contributed by atoms with van der Waals surface area (Å²) in [6.45, 7) is 6.64. The highest BCUT2D eigenvalue weighted by Gasteiger charge is 2.45. The summed E-state index contributed by atoms with van der Waals surface area (Å²) in [5.74, 6) is 2.43. The molecule has 5 heteroatoms. The lowest BCUT2D eigenvalue weighted by molar-refractivity contribution is -0.146. The van der Waals surface area contributed by atoms with Crippen LogP contribution in [-0.2, 0) is 14.3 Å². The molecule has 136 valence electrons. The second-order valence-corrected chi connectivity index (χ2v) is 8.30. The normalized spacial score (nSPS) is 38.2. The first-order valence-electron chi connectivity index (χ1n) is 9.85. The molecule has 3 aliphatic heterocycles. The molecule has 0 spiro atoms. The van der Waals surface area contributed by atoms with Crippen molar-refractivity contribution in [2.75, 3.05) is 53.1 Å². The fourth-order valence-electron chi connectivity index (χ4n) is 5.10. The Morgan fingerprint density at radius 1 is 1.17 bits per heavy atom. The molecule has 0 N–H and O–H groups in total. The smallest absolute Gasteiger partial charge is 0.226 e. The highest BCUT2D eigenvalue weighted by Crippen LogP contribution is 2.39. The number of piperidine rings is 1. The first-order valence-corrected chi connectivity index (χ1v) is 9.85. The Bertz CT molecular complexity index is 448. The molecule has 24 heavy (non-hydrogen) atoms. The second-order valence-electron chi connectivity index (χ2n) is 8.30. The van der Waals surface area contributed by atoms with E-state index in [-0.39, 0.29) is 5.92 Å². The van der Waals surface area contributed by atoms with Crippen molar-refractivity contribution >= 4 is 5.91 Å². The number of methoxy groups -OCH3 is 1. The van der Waals surface area contributed by atoms with Crippen LogP contribution in [0, 0.1) is 23.7 Å². The van der Waals surface area contributed by atoms with Gasteiger partial charge >= 0.3 is 0 Å². The molecule has 0 unspecified atom stereocenters. The van der Waals surface area contributed by atoms with Gasteiger partial charge in [0.25, 0.3) is 0 Å². The predicted molar refractivity (Wildman–Crippen MR) is 91.7 cm³/mol. The SMILES string of the molecule is COC[C@H]1CN(CC2CC2)C(=O)[C@@H]2CCN([C@H]3CCOC3)CC[C@H]12. The van der Waals surface area contributed by atoms with Crippen LogP contribution in [0.15, 0.2) is 0 Å². The molecule has 0 bridgehead atoms. The summed E-state index contributed by atoms with van der Waals surface area (Å²) in [6, 6.07) is 0.573. The first kappa shape index (κ1) is 16.8. The molecule has 3 heterocycles. The summed E-state index contributed by atoms with van der Waals surface area (Å²) in [6.07, 6.45) is 5.92. The maximum atomic E-state index is 13.1.